The van der Waals surface area contributed by atoms with Crippen molar-refractivity contribution in [2.45, 2.75) is 19.3 Å². The van der Waals surface area contributed by atoms with E-state index in [4.69, 9.17) is 4.42 Å². The lowest BCUT2D eigenvalue weighted by Gasteiger charge is -2.28. The molecule has 0 atom stereocenters. The number of fused-ring (bicyclic) bond motifs is 10. The van der Waals surface area contributed by atoms with Gasteiger partial charge in [0.1, 0.15) is 11.2 Å². The van der Waals surface area contributed by atoms with Crippen LogP contribution in [0.2, 0.25) is 0 Å². The maximum Gasteiger partial charge on any atom is 0.145 e. The molecule has 3 heteroatoms. The third-order valence-corrected chi connectivity index (χ3v) is 11.6. The average Bonchev–Trinajstić information content (AvgIpc) is 3.84. The summed E-state index contributed by atoms with van der Waals surface area (Å²) in [5.41, 5.74) is 16.4. The molecule has 1 aliphatic carbocycles. The maximum absolute atomic E-state index is 6.51. The summed E-state index contributed by atoms with van der Waals surface area (Å²) in [6.07, 6.45) is 0. The summed E-state index contributed by atoms with van der Waals surface area (Å²) in [6.45, 7) is 4.68. The van der Waals surface area contributed by atoms with E-state index in [-0.39, 0.29) is 5.41 Å². The smallest absolute Gasteiger partial charge is 0.145 e. The fraction of sp³-hybridized carbons (Fsp3) is 0.0588. The molecule has 0 unspecified atom stereocenters. The van der Waals surface area contributed by atoms with Crippen LogP contribution in [0.5, 0.6) is 0 Å². The molecule has 8 aromatic carbocycles. The third-order valence-electron chi connectivity index (χ3n) is 11.6. The van der Waals surface area contributed by atoms with Gasteiger partial charge in [-0.2, -0.15) is 0 Å². The van der Waals surface area contributed by atoms with Gasteiger partial charge in [-0.15, -0.1) is 0 Å². The van der Waals surface area contributed by atoms with Crippen LogP contribution in [0.4, 0.5) is 17.1 Å². The molecule has 256 valence electrons. The summed E-state index contributed by atoms with van der Waals surface area (Å²) >= 11 is 0. The fourth-order valence-electron chi connectivity index (χ4n) is 8.97. The molecule has 0 bridgehead atoms. The minimum atomic E-state index is -0.0702. The number of para-hydroxylation sites is 3. The molecule has 1 aliphatic rings. The molecule has 0 N–H and O–H groups in total. The Balaban J connectivity index is 0.965. The van der Waals surface area contributed by atoms with E-state index in [1.807, 2.05) is 6.07 Å². The molecule has 0 fully saturated rings. The number of hydrogen-bond donors (Lipinski definition) is 0. The molecule has 0 aliphatic heterocycles. The minimum absolute atomic E-state index is 0.0702. The SMILES string of the molecule is CC1(C)c2ccccc2-c2ccc(N(c3ccccc3)c3ccc(-c4ccc(-n5c6ccccc6c6c7oc8ccccc8c7ccc65)cc4)cc3)cc21. The minimum Gasteiger partial charge on any atom is -0.455 e. The largest absolute Gasteiger partial charge is 0.455 e. The van der Waals surface area contributed by atoms with Crippen molar-refractivity contribution < 1.29 is 4.42 Å². The molecule has 0 spiro atoms. The second-order valence-corrected chi connectivity index (χ2v) is 15.0. The first-order valence-electron chi connectivity index (χ1n) is 18.7. The zero-order chi connectivity index (χ0) is 36.0. The number of furan rings is 1. The molecule has 0 radical (unpaired) electrons. The van der Waals surface area contributed by atoms with Gasteiger partial charge in [0.15, 0.2) is 0 Å². The van der Waals surface area contributed by atoms with Crippen molar-refractivity contribution in [3.8, 4) is 27.9 Å². The van der Waals surface area contributed by atoms with Gasteiger partial charge in [0.2, 0.25) is 0 Å². The molecule has 54 heavy (non-hydrogen) atoms. The molecule has 2 aromatic heterocycles. The molecule has 0 saturated carbocycles. The van der Waals surface area contributed by atoms with E-state index in [1.54, 1.807) is 0 Å². The summed E-state index contributed by atoms with van der Waals surface area (Å²) in [4.78, 5) is 2.37. The fourth-order valence-corrected chi connectivity index (χ4v) is 8.97. The van der Waals surface area contributed by atoms with E-state index in [2.05, 4.69) is 199 Å². The Bertz CT molecular complexity index is 3060. The van der Waals surface area contributed by atoms with Crippen molar-refractivity contribution >= 4 is 60.8 Å². The maximum atomic E-state index is 6.51. The van der Waals surface area contributed by atoms with Gasteiger partial charge in [-0.05, 0) is 106 Å². The van der Waals surface area contributed by atoms with Crippen molar-refractivity contribution in [2.24, 2.45) is 0 Å². The van der Waals surface area contributed by atoms with Crippen LogP contribution in [0.25, 0.3) is 71.7 Å². The van der Waals surface area contributed by atoms with Gasteiger partial charge in [-0.3, -0.25) is 0 Å². The van der Waals surface area contributed by atoms with Crippen molar-refractivity contribution in [3.05, 3.63) is 193 Å². The van der Waals surface area contributed by atoms with Gasteiger partial charge in [0, 0.05) is 44.3 Å². The van der Waals surface area contributed by atoms with E-state index in [0.717, 1.165) is 61.1 Å². The Morgan fingerprint density at radius 2 is 1.09 bits per heavy atom. The van der Waals surface area contributed by atoms with Gasteiger partial charge in [0.05, 0.1) is 16.4 Å². The molecular weight excluding hydrogens is 657 g/mol. The van der Waals surface area contributed by atoms with Gasteiger partial charge >= 0.3 is 0 Å². The predicted molar refractivity (Wildman–Crippen MR) is 226 cm³/mol. The Hall–Kier alpha value is -6.84. The second kappa shape index (κ2) is 11.6. The Morgan fingerprint density at radius 3 is 1.91 bits per heavy atom. The van der Waals surface area contributed by atoms with Gasteiger partial charge in [0.25, 0.3) is 0 Å². The summed E-state index contributed by atoms with van der Waals surface area (Å²) < 4.78 is 8.87. The lowest BCUT2D eigenvalue weighted by Crippen LogP contribution is -2.16. The molecular formula is C51H36N2O. The van der Waals surface area contributed by atoms with Crippen LogP contribution in [0.1, 0.15) is 25.0 Å². The topological polar surface area (TPSA) is 21.3 Å². The molecule has 3 nitrogen and oxygen atoms in total. The van der Waals surface area contributed by atoms with Crippen LogP contribution >= 0.6 is 0 Å². The van der Waals surface area contributed by atoms with E-state index >= 15 is 0 Å². The van der Waals surface area contributed by atoms with Crippen LogP contribution in [0.3, 0.4) is 0 Å². The van der Waals surface area contributed by atoms with Crippen molar-refractivity contribution in [1.82, 2.24) is 4.57 Å². The zero-order valence-electron chi connectivity index (χ0n) is 30.1. The lowest BCUT2D eigenvalue weighted by atomic mass is 9.82. The van der Waals surface area contributed by atoms with Gasteiger partial charge in [-0.1, -0.05) is 123 Å². The second-order valence-electron chi connectivity index (χ2n) is 15.0. The number of hydrogen-bond acceptors (Lipinski definition) is 2. The Morgan fingerprint density at radius 1 is 0.463 bits per heavy atom. The molecule has 10 aromatic rings. The lowest BCUT2D eigenvalue weighted by molar-refractivity contribution is 0.660. The number of nitrogens with zero attached hydrogens (tertiary/aromatic N) is 2. The highest BCUT2D eigenvalue weighted by molar-refractivity contribution is 6.23. The summed E-state index contributed by atoms with van der Waals surface area (Å²) in [6, 6.07) is 65.8. The molecule has 0 amide bonds. The first-order chi connectivity index (χ1) is 26.5. The van der Waals surface area contributed by atoms with E-state index < -0.39 is 0 Å². The molecule has 2 heterocycles. The number of anilines is 3. The number of rotatable bonds is 5. The Kier molecular flexibility index (Phi) is 6.60. The standard InChI is InChI=1S/C51H36N2O/c1-51(2)44-17-9-6-14-39(44)40-29-28-38(32-45(40)51)52(35-12-4-3-5-13-35)36-24-20-33(21-25-36)34-22-26-37(27-23-34)53-46-18-10-7-16-43(46)49-47(53)31-30-42-41-15-8-11-19-48(41)54-50(42)49/h3-32H,1-2H3. The van der Waals surface area contributed by atoms with Crippen LogP contribution in [0.15, 0.2) is 186 Å². The highest BCUT2D eigenvalue weighted by atomic mass is 16.3. The zero-order valence-corrected chi connectivity index (χ0v) is 30.1. The number of aromatic nitrogens is 1. The van der Waals surface area contributed by atoms with Crippen LogP contribution in [-0.4, -0.2) is 4.57 Å². The van der Waals surface area contributed by atoms with Crippen LogP contribution in [0, 0.1) is 0 Å². The van der Waals surface area contributed by atoms with E-state index in [0.29, 0.717) is 0 Å². The van der Waals surface area contributed by atoms with Gasteiger partial charge < -0.3 is 13.9 Å². The predicted octanol–water partition coefficient (Wildman–Crippen LogP) is 14.1. The molecule has 0 saturated heterocycles. The van der Waals surface area contributed by atoms with Crippen molar-refractivity contribution in [1.29, 1.82) is 0 Å². The highest BCUT2D eigenvalue weighted by Gasteiger charge is 2.35. The van der Waals surface area contributed by atoms with Crippen molar-refractivity contribution in [3.63, 3.8) is 0 Å². The van der Waals surface area contributed by atoms with E-state index in [9.17, 15) is 0 Å². The summed E-state index contributed by atoms with van der Waals surface area (Å²) in [5.74, 6) is 0. The molecule has 11 rings (SSSR count). The highest BCUT2D eigenvalue weighted by Crippen LogP contribution is 2.50. The first kappa shape index (κ1) is 30.8. The van der Waals surface area contributed by atoms with Gasteiger partial charge in [-0.25, -0.2) is 0 Å². The van der Waals surface area contributed by atoms with Crippen LogP contribution in [-0.2, 0) is 5.41 Å². The van der Waals surface area contributed by atoms with Crippen LogP contribution < -0.4 is 4.90 Å². The van der Waals surface area contributed by atoms with E-state index in [1.165, 1.54) is 38.8 Å². The van der Waals surface area contributed by atoms with Crippen molar-refractivity contribution in [2.75, 3.05) is 4.90 Å². The summed E-state index contributed by atoms with van der Waals surface area (Å²) in [7, 11) is 0. The quantitative estimate of drug-likeness (QED) is 0.179. The summed E-state index contributed by atoms with van der Waals surface area (Å²) in [5, 5.41) is 4.64. The normalized spacial score (nSPS) is 13.1. The number of benzene rings is 8. The first-order valence-corrected chi connectivity index (χ1v) is 18.7. The third kappa shape index (κ3) is 4.48. The average molecular weight is 693 g/mol. The monoisotopic (exact) mass is 692 g/mol. The Labute approximate surface area is 314 Å².